The molecule has 7 nitrogen and oxygen atoms in total. The average molecular weight is 312 g/mol. The first-order chi connectivity index (χ1) is 9.88. The maximum absolute atomic E-state index is 13.1. The number of rotatable bonds is 4. The zero-order chi connectivity index (χ0) is 15.6. The summed E-state index contributed by atoms with van der Waals surface area (Å²) in [6.07, 6.45) is 0.949. The van der Waals surface area contributed by atoms with Crippen LogP contribution in [0.25, 0.3) is 0 Å². The van der Waals surface area contributed by atoms with Gasteiger partial charge in [0.15, 0.2) is 0 Å². The topological polar surface area (TPSA) is 105 Å². The lowest BCUT2D eigenvalue weighted by Crippen LogP contribution is -2.04. The Morgan fingerprint density at radius 1 is 1.43 bits per heavy atom. The number of hydrogen-bond donors (Lipinski definition) is 2. The second-order valence-electron chi connectivity index (χ2n) is 3.90. The summed E-state index contributed by atoms with van der Waals surface area (Å²) in [5.74, 6) is -2.18. The van der Waals surface area contributed by atoms with E-state index >= 15 is 0 Å². The zero-order valence-corrected chi connectivity index (χ0v) is 11.0. The van der Waals surface area contributed by atoms with Gasteiger partial charge in [-0.2, -0.15) is 0 Å². The highest BCUT2D eigenvalue weighted by atomic mass is 35.5. The summed E-state index contributed by atoms with van der Waals surface area (Å²) >= 11 is 5.84. The molecule has 2 N–H and O–H groups in total. The average Bonchev–Trinajstić information content (AvgIpc) is 2.42. The molecule has 1 heterocycles. The smallest absolute Gasteiger partial charge is 0.337 e. The van der Waals surface area contributed by atoms with Gasteiger partial charge in [0, 0.05) is 12.3 Å². The van der Waals surface area contributed by atoms with Crippen LogP contribution in [0, 0.1) is 15.9 Å². The van der Waals surface area contributed by atoms with Crippen LogP contribution in [-0.4, -0.2) is 21.0 Å². The number of carbonyl (C=O) groups is 1. The molecule has 0 aliphatic rings. The van der Waals surface area contributed by atoms with Crippen molar-refractivity contribution in [1.29, 1.82) is 0 Å². The molecule has 108 valence electrons. The van der Waals surface area contributed by atoms with Gasteiger partial charge < -0.3 is 10.4 Å². The largest absolute Gasteiger partial charge is 0.478 e. The molecule has 0 atom stereocenters. The molecule has 0 unspecified atom stereocenters. The minimum Gasteiger partial charge on any atom is -0.478 e. The molecule has 0 amide bonds. The summed E-state index contributed by atoms with van der Waals surface area (Å²) in [5, 5.41) is 22.4. The molecule has 2 aromatic rings. The van der Waals surface area contributed by atoms with Crippen LogP contribution in [0.15, 0.2) is 30.5 Å². The van der Waals surface area contributed by atoms with Crippen molar-refractivity contribution in [3.63, 3.8) is 0 Å². The highest BCUT2D eigenvalue weighted by Crippen LogP contribution is 2.30. The van der Waals surface area contributed by atoms with Crippen molar-refractivity contribution in [2.75, 3.05) is 5.32 Å². The van der Waals surface area contributed by atoms with E-state index in [0.29, 0.717) is 0 Å². The molecular formula is C12H7ClFN3O4. The second-order valence-corrected chi connectivity index (χ2v) is 4.31. The van der Waals surface area contributed by atoms with E-state index in [1.165, 1.54) is 6.07 Å². The van der Waals surface area contributed by atoms with Gasteiger partial charge in [-0.25, -0.2) is 14.2 Å². The van der Waals surface area contributed by atoms with Crippen LogP contribution < -0.4 is 5.32 Å². The number of hydrogen-bond acceptors (Lipinski definition) is 5. The van der Waals surface area contributed by atoms with E-state index in [1.807, 2.05) is 0 Å². The third-order valence-corrected chi connectivity index (χ3v) is 2.82. The van der Waals surface area contributed by atoms with Gasteiger partial charge in [-0.1, -0.05) is 11.6 Å². The van der Waals surface area contributed by atoms with Crippen LogP contribution in [0.3, 0.4) is 0 Å². The predicted octanol–water partition coefficient (Wildman–Crippen LogP) is 3.22. The Hall–Kier alpha value is -2.74. The molecule has 2 rings (SSSR count). The lowest BCUT2D eigenvalue weighted by Gasteiger charge is -2.08. The Kier molecular flexibility index (Phi) is 3.99. The van der Waals surface area contributed by atoms with E-state index < -0.39 is 22.4 Å². The van der Waals surface area contributed by atoms with Crippen LogP contribution in [0.5, 0.6) is 0 Å². The predicted molar refractivity (Wildman–Crippen MR) is 72.5 cm³/mol. The molecule has 0 spiro atoms. The number of nitrogens with zero attached hydrogens (tertiary/aromatic N) is 2. The number of nitrogens with one attached hydrogen (secondary N) is 1. The molecule has 0 bridgehead atoms. The Labute approximate surface area is 122 Å². The minimum atomic E-state index is -1.35. The number of aromatic nitrogens is 1. The van der Waals surface area contributed by atoms with Crippen molar-refractivity contribution in [1.82, 2.24) is 4.98 Å². The van der Waals surface area contributed by atoms with Gasteiger partial charge in [0.25, 0.3) is 0 Å². The standard InChI is InChI=1S/C12H7ClFN3O4/c13-8-2-1-7(14)4-9(8)16-11-10(17(20)21)3-6(5-15-11)12(18)19/h1-5H,(H,15,16)(H,18,19). The molecule has 0 fully saturated rings. The number of carboxylic acids is 1. The molecule has 9 heteroatoms. The van der Waals surface area contributed by atoms with E-state index in [1.54, 1.807) is 0 Å². The number of carboxylic acid groups (broad SMARTS) is 1. The van der Waals surface area contributed by atoms with E-state index in [0.717, 1.165) is 24.4 Å². The number of nitro groups is 1. The quantitative estimate of drug-likeness (QED) is 0.663. The summed E-state index contributed by atoms with van der Waals surface area (Å²) in [6.45, 7) is 0. The van der Waals surface area contributed by atoms with Gasteiger partial charge in [-0.3, -0.25) is 10.1 Å². The van der Waals surface area contributed by atoms with Crippen LogP contribution in [-0.2, 0) is 0 Å². The molecule has 0 saturated heterocycles. The molecule has 21 heavy (non-hydrogen) atoms. The molecule has 0 aliphatic heterocycles. The van der Waals surface area contributed by atoms with Gasteiger partial charge in [0.05, 0.1) is 21.2 Å². The molecule has 1 aromatic carbocycles. The van der Waals surface area contributed by atoms with Gasteiger partial charge in [-0.15, -0.1) is 0 Å². The Balaban J connectivity index is 2.46. The summed E-state index contributed by atoms with van der Waals surface area (Å²) in [7, 11) is 0. The molecule has 0 saturated carbocycles. The number of halogens is 2. The van der Waals surface area contributed by atoms with Crippen molar-refractivity contribution in [3.8, 4) is 0 Å². The zero-order valence-electron chi connectivity index (χ0n) is 10.2. The Bertz CT molecular complexity index is 738. The first-order valence-electron chi connectivity index (χ1n) is 5.48. The van der Waals surface area contributed by atoms with E-state index in [-0.39, 0.29) is 22.1 Å². The monoisotopic (exact) mass is 311 g/mol. The third kappa shape index (κ3) is 3.23. The summed E-state index contributed by atoms with van der Waals surface area (Å²) < 4.78 is 13.1. The van der Waals surface area contributed by atoms with E-state index in [2.05, 4.69) is 10.3 Å². The molecule has 1 aromatic heterocycles. The first kappa shape index (κ1) is 14.7. The molecular weight excluding hydrogens is 305 g/mol. The maximum atomic E-state index is 13.1. The van der Waals surface area contributed by atoms with Crippen LogP contribution in [0.1, 0.15) is 10.4 Å². The number of aromatic carboxylic acids is 1. The number of benzene rings is 1. The van der Waals surface area contributed by atoms with Crippen molar-refractivity contribution in [2.45, 2.75) is 0 Å². The maximum Gasteiger partial charge on any atom is 0.337 e. The van der Waals surface area contributed by atoms with Crippen molar-refractivity contribution in [2.24, 2.45) is 0 Å². The highest BCUT2D eigenvalue weighted by Gasteiger charge is 2.19. The summed E-state index contributed by atoms with van der Waals surface area (Å²) in [5.41, 5.74) is -0.817. The highest BCUT2D eigenvalue weighted by molar-refractivity contribution is 6.33. The number of anilines is 2. The molecule has 0 aliphatic carbocycles. The lowest BCUT2D eigenvalue weighted by atomic mass is 10.2. The summed E-state index contributed by atoms with van der Waals surface area (Å²) in [6, 6.07) is 4.29. The number of pyridine rings is 1. The van der Waals surface area contributed by atoms with Crippen molar-refractivity contribution in [3.05, 3.63) is 57.0 Å². The second kappa shape index (κ2) is 5.71. The van der Waals surface area contributed by atoms with Gasteiger partial charge in [0.1, 0.15) is 5.82 Å². The lowest BCUT2D eigenvalue weighted by molar-refractivity contribution is -0.384. The fourth-order valence-electron chi connectivity index (χ4n) is 1.53. The van der Waals surface area contributed by atoms with Crippen molar-refractivity contribution < 1.29 is 19.2 Å². The van der Waals surface area contributed by atoms with Crippen LogP contribution in [0.4, 0.5) is 21.6 Å². The SMILES string of the molecule is O=C(O)c1cnc(Nc2cc(F)ccc2Cl)c([N+](=O)[O-])c1. The Morgan fingerprint density at radius 3 is 2.76 bits per heavy atom. The first-order valence-corrected chi connectivity index (χ1v) is 5.86. The fraction of sp³-hybridized carbons (Fsp3) is 0. The minimum absolute atomic E-state index is 0.0790. The third-order valence-electron chi connectivity index (χ3n) is 2.49. The van der Waals surface area contributed by atoms with Crippen LogP contribution >= 0.6 is 11.6 Å². The molecule has 0 radical (unpaired) electrons. The Morgan fingerprint density at radius 2 is 2.14 bits per heavy atom. The van der Waals surface area contributed by atoms with Gasteiger partial charge in [-0.05, 0) is 18.2 Å². The van der Waals surface area contributed by atoms with Crippen LogP contribution in [0.2, 0.25) is 5.02 Å². The van der Waals surface area contributed by atoms with Crippen molar-refractivity contribution >= 4 is 34.8 Å². The normalized spacial score (nSPS) is 10.2. The van der Waals surface area contributed by atoms with Gasteiger partial charge in [0.2, 0.25) is 5.82 Å². The summed E-state index contributed by atoms with van der Waals surface area (Å²) in [4.78, 5) is 24.6. The fourth-order valence-corrected chi connectivity index (χ4v) is 1.69. The van der Waals surface area contributed by atoms with E-state index in [4.69, 9.17) is 16.7 Å². The van der Waals surface area contributed by atoms with Gasteiger partial charge >= 0.3 is 11.7 Å². The van der Waals surface area contributed by atoms with E-state index in [9.17, 15) is 19.3 Å².